The minimum atomic E-state index is -3.22. The average molecular weight is 503 g/mol. The highest BCUT2D eigenvalue weighted by atomic mass is 32.2. The lowest BCUT2D eigenvalue weighted by molar-refractivity contribution is -0.0720. The molecule has 0 saturated carbocycles. The van der Waals surface area contributed by atoms with Gasteiger partial charge in [-0.15, -0.1) is 0 Å². The fourth-order valence-corrected chi connectivity index (χ4v) is 5.49. The molecule has 3 aromatic heterocycles. The van der Waals surface area contributed by atoms with Crippen LogP contribution in [0.15, 0.2) is 39.9 Å². The number of sulfonamides is 1. The number of fused-ring (bicyclic) bond motifs is 1. The van der Waals surface area contributed by atoms with Crippen LogP contribution in [0.5, 0.6) is 5.75 Å². The molecule has 2 fully saturated rings. The van der Waals surface area contributed by atoms with Crippen molar-refractivity contribution in [2.24, 2.45) is 7.05 Å². The van der Waals surface area contributed by atoms with Crippen LogP contribution in [-0.2, 0) is 28.4 Å². The van der Waals surface area contributed by atoms with Gasteiger partial charge in [-0.1, -0.05) is 0 Å². The van der Waals surface area contributed by atoms with Gasteiger partial charge in [0.05, 0.1) is 30.5 Å². The summed E-state index contributed by atoms with van der Waals surface area (Å²) in [6.45, 7) is 5.11. The maximum Gasteiger partial charge on any atom is 0.261 e. The molecule has 0 spiro atoms. The fourth-order valence-electron chi connectivity index (χ4n) is 4.59. The second kappa shape index (κ2) is 9.38. The highest BCUT2D eigenvalue weighted by Gasteiger charge is 2.29. The lowest BCUT2D eigenvalue weighted by atomic mass is 10.1. The molecule has 0 aromatic carbocycles. The molecule has 10 nitrogen and oxygen atoms in total. The molecular formula is C24H30N4O6S. The summed E-state index contributed by atoms with van der Waals surface area (Å²) in [5, 5.41) is 0.493. The second-order valence-electron chi connectivity index (χ2n) is 9.32. The minimum absolute atomic E-state index is 0.0166. The molecule has 2 atom stereocenters. The molecule has 188 valence electrons. The van der Waals surface area contributed by atoms with Crippen molar-refractivity contribution >= 4 is 21.0 Å². The van der Waals surface area contributed by atoms with Crippen molar-refractivity contribution in [1.29, 1.82) is 0 Å². The molecule has 0 bridgehead atoms. The van der Waals surface area contributed by atoms with Crippen molar-refractivity contribution in [3.05, 3.63) is 46.8 Å². The summed E-state index contributed by atoms with van der Waals surface area (Å²) >= 11 is 0. The van der Waals surface area contributed by atoms with Crippen molar-refractivity contribution in [2.45, 2.75) is 32.0 Å². The Kier molecular flexibility index (Phi) is 6.43. The maximum absolute atomic E-state index is 12.9. The maximum atomic E-state index is 12.9. The Labute approximate surface area is 204 Å². The smallest absolute Gasteiger partial charge is 0.261 e. The van der Waals surface area contributed by atoms with E-state index in [2.05, 4.69) is 9.88 Å². The van der Waals surface area contributed by atoms with Crippen molar-refractivity contribution in [3.63, 3.8) is 0 Å². The Morgan fingerprint density at radius 2 is 2.06 bits per heavy atom. The van der Waals surface area contributed by atoms with E-state index in [1.165, 1.54) is 10.6 Å². The van der Waals surface area contributed by atoms with Gasteiger partial charge in [0, 0.05) is 69.3 Å². The standard InChI is InChI=1S/C24H30N4O6S/c1-16-12-28(35(3,30)31)8-7-27(16)13-18-10-20-23(34-18)21(14-26(2)24(20)29)19-4-6-25-11-22(19)33-15-17-5-9-32-17/h4,6,10-11,14,16-17H,5,7-9,12-13,15H2,1-3H3/t16-,17-/m1/s1. The van der Waals surface area contributed by atoms with E-state index in [1.54, 1.807) is 36.3 Å². The van der Waals surface area contributed by atoms with Gasteiger partial charge in [-0.05, 0) is 19.1 Å². The number of rotatable bonds is 7. The van der Waals surface area contributed by atoms with E-state index < -0.39 is 10.0 Å². The summed E-state index contributed by atoms with van der Waals surface area (Å²) in [6, 6.07) is 3.66. The van der Waals surface area contributed by atoms with Crippen LogP contribution in [0.4, 0.5) is 0 Å². The number of hydrogen-bond acceptors (Lipinski definition) is 8. The van der Waals surface area contributed by atoms with E-state index in [-0.39, 0.29) is 17.7 Å². The van der Waals surface area contributed by atoms with Crippen LogP contribution in [0.2, 0.25) is 0 Å². The molecule has 11 heteroatoms. The first-order valence-corrected chi connectivity index (χ1v) is 13.6. The molecule has 0 unspecified atom stereocenters. The van der Waals surface area contributed by atoms with Crippen LogP contribution >= 0.6 is 0 Å². The van der Waals surface area contributed by atoms with E-state index in [4.69, 9.17) is 13.9 Å². The third-order valence-corrected chi connectivity index (χ3v) is 8.02. The molecule has 5 heterocycles. The molecule has 0 aliphatic carbocycles. The van der Waals surface area contributed by atoms with Crippen LogP contribution in [0.25, 0.3) is 22.1 Å². The molecule has 5 rings (SSSR count). The summed E-state index contributed by atoms with van der Waals surface area (Å²) in [5.41, 5.74) is 1.89. The van der Waals surface area contributed by atoms with Gasteiger partial charge in [0.1, 0.15) is 23.7 Å². The Hall–Kier alpha value is -2.73. The zero-order valence-corrected chi connectivity index (χ0v) is 21.0. The van der Waals surface area contributed by atoms with Crippen LogP contribution in [0.3, 0.4) is 0 Å². The first-order chi connectivity index (χ1) is 16.7. The first kappa shape index (κ1) is 24.0. The van der Waals surface area contributed by atoms with Crippen LogP contribution in [0, 0.1) is 0 Å². The van der Waals surface area contributed by atoms with Crippen LogP contribution in [0.1, 0.15) is 19.1 Å². The lowest BCUT2D eigenvalue weighted by Crippen LogP contribution is -2.52. The number of piperazine rings is 1. The summed E-state index contributed by atoms with van der Waals surface area (Å²) in [7, 11) is -1.50. The number of furan rings is 1. The van der Waals surface area contributed by atoms with Gasteiger partial charge >= 0.3 is 0 Å². The topological polar surface area (TPSA) is 107 Å². The number of pyridine rings is 2. The first-order valence-electron chi connectivity index (χ1n) is 11.7. The number of aryl methyl sites for hydroxylation is 1. The largest absolute Gasteiger partial charge is 0.489 e. The van der Waals surface area contributed by atoms with E-state index in [0.717, 1.165) is 24.2 Å². The number of ether oxygens (including phenoxy) is 2. The van der Waals surface area contributed by atoms with Gasteiger partial charge in [-0.3, -0.25) is 14.7 Å². The highest BCUT2D eigenvalue weighted by molar-refractivity contribution is 7.88. The SMILES string of the molecule is C[C@@H]1CN(S(C)(=O)=O)CCN1Cc1cc2c(=O)n(C)cc(-c3ccncc3OC[C@H]3CCO3)c2o1. The Morgan fingerprint density at radius 3 is 2.74 bits per heavy atom. The monoisotopic (exact) mass is 502 g/mol. The van der Waals surface area contributed by atoms with Crippen molar-refractivity contribution in [1.82, 2.24) is 18.8 Å². The number of hydrogen-bond donors (Lipinski definition) is 0. The van der Waals surface area contributed by atoms with Gasteiger partial charge in [0.25, 0.3) is 5.56 Å². The zero-order chi connectivity index (χ0) is 24.7. The second-order valence-corrected chi connectivity index (χ2v) is 11.3. The Bertz CT molecular complexity index is 1390. The van der Waals surface area contributed by atoms with Gasteiger partial charge in [-0.25, -0.2) is 8.42 Å². The van der Waals surface area contributed by atoms with Gasteiger partial charge in [0.2, 0.25) is 10.0 Å². The third kappa shape index (κ3) is 4.86. The van der Waals surface area contributed by atoms with Gasteiger partial charge in [-0.2, -0.15) is 4.31 Å². The van der Waals surface area contributed by atoms with E-state index in [9.17, 15) is 13.2 Å². The molecule has 35 heavy (non-hydrogen) atoms. The van der Waals surface area contributed by atoms with Crippen LogP contribution < -0.4 is 10.3 Å². The molecule has 0 N–H and O–H groups in total. The van der Waals surface area contributed by atoms with E-state index in [1.807, 2.05) is 13.0 Å². The zero-order valence-electron chi connectivity index (χ0n) is 20.1. The Balaban J connectivity index is 1.45. The summed E-state index contributed by atoms with van der Waals surface area (Å²) in [6.07, 6.45) is 7.40. The predicted molar refractivity (Wildman–Crippen MR) is 131 cm³/mol. The van der Waals surface area contributed by atoms with Gasteiger partial charge < -0.3 is 18.5 Å². The predicted octanol–water partition coefficient (Wildman–Crippen LogP) is 1.83. The third-order valence-electron chi connectivity index (χ3n) is 6.75. The number of nitrogens with zero attached hydrogens (tertiary/aromatic N) is 4. The molecule has 0 amide bonds. The minimum Gasteiger partial charge on any atom is -0.489 e. The van der Waals surface area contributed by atoms with Crippen molar-refractivity contribution < 1.29 is 22.3 Å². The quantitative estimate of drug-likeness (QED) is 0.482. The van der Waals surface area contributed by atoms with Crippen molar-refractivity contribution in [2.75, 3.05) is 39.1 Å². The molecule has 2 aliphatic heterocycles. The van der Waals surface area contributed by atoms with Crippen molar-refractivity contribution in [3.8, 4) is 16.9 Å². The summed E-state index contributed by atoms with van der Waals surface area (Å²) in [4.78, 5) is 19.3. The summed E-state index contributed by atoms with van der Waals surface area (Å²) in [5.74, 6) is 1.26. The molecule has 2 saturated heterocycles. The highest BCUT2D eigenvalue weighted by Crippen LogP contribution is 2.35. The average Bonchev–Trinajstić information content (AvgIpc) is 3.20. The Morgan fingerprint density at radius 1 is 1.26 bits per heavy atom. The number of aromatic nitrogens is 2. The van der Waals surface area contributed by atoms with E-state index in [0.29, 0.717) is 55.3 Å². The molecule has 3 aromatic rings. The van der Waals surface area contributed by atoms with Gasteiger partial charge in [0.15, 0.2) is 0 Å². The van der Waals surface area contributed by atoms with Crippen LogP contribution in [-0.4, -0.2) is 78.4 Å². The molecule has 0 radical (unpaired) electrons. The molecular weight excluding hydrogens is 472 g/mol. The fraction of sp³-hybridized carbons (Fsp3) is 0.500. The normalized spacial score (nSPS) is 21.8. The van der Waals surface area contributed by atoms with E-state index >= 15 is 0 Å². The summed E-state index contributed by atoms with van der Waals surface area (Å²) < 4.78 is 44.6. The lowest BCUT2D eigenvalue weighted by Gasteiger charge is -2.38. The molecule has 2 aliphatic rings.